The third-order valence-electron chi connectivity index (χ3n) is 4.48. The molecular weight excluding hydrogens is 358 g/mol. The van der Waals surface area contributed by atoms with Crippen LogP contribution in [0.15, 0.2) is 29.2 Å². The zero-order valence-electron chi connectivity index (χ0n) is 13.6. The molecule has 2 heterocycles. The van der Waals surface area contributed by atoms with E-state index >= 15 is 0 Å². The van der Waals surface area contributed by atoms with Gasteiger partial charge >= 0.3 is 0 Å². The fourth-order valence-corrected chi connectivity index (χ4v) is 4.44. The van der Waals surface area contributed by atoms with Crippen molar-refractivity contribution in [3.8, 4) is 0 Å². The fraction of sp³-hybridized carbons (Fsp3) is 0.278. The Morgan fingerprint density at radius 3 is 2.92 bits per heavy atom. The number of halogens is 1. The molecule has 5 nitrogen and oxygen atoms in total. The Morgan fingerprint density at radius 1 is 1.32 bits per heavy atom. The standard InChI is InChI=1S/C18H16ClN3O2S/c1-10-6-7-11(8-13(10)19)21-16(23)12-9-20-18-22(17(12)24)14-4-2-3-5-15(14)25-18/h6-9H,2-5H2,1H3,(H,21,23). The molecule has 1 N–H and O–H groups in total. The first-order valence-corrected chi connectivity index (χ1v) is 9.34. The van der Waals surface area contributed by atoms with Crippen LogP contribution in [0.1, 0.15) is 39.3 Å². The minimum atomic E-state index is -0.470. The molecule has 0 unspecified atom stereocenters. The van der Waals surface area contributed by atoms with Crippen molar-refractivity contribution in [1.29, 1.82) is 0 Å². The lowest BCUT2D eigenvalue weighted by atomic mass is 10.0. The minimum absolute atomic E-state index is 0.0420. The highest BCUT2D eigenvalue weighted by Gasteiger charge is 2.21. The molecule has 1 amide bonds. The Kier molecular flexibility index (Phi) is 4.09. The van der Waals surface area contributed by atoms with E-state index < -0.39 is 5.91 Å². The molecule has 4 rings (SSSR count). The van der Waals surface area contributed by atoms with Crippen molar-refractivity contribution in [3.63, 3.8) is 0 Å². The largest absolute Gasteiger partial charge is 0.322 e. The summed E-state index contributed by atoms with van der Waals surface area (Å²) >= 11 is 7.63. The molecule has 25 heavy (non-hydrogen) atoms. The number of amides is 1. The molecule has 0 bridgehead atoms. The average molecular weight is 374 g/mol. The number of benzene rings is 1. The third-order valence-corrected chi connectivity index (χ3v) is 6.04. The number of carbonyl (C=O) groups excluding carboxylic acids is 1. The molecule has 0 radical (unpaired) electrons. The zero-order valence-corrected chi connectivity index (χ0v) is 15.2. The van der Waals surface area contributed by atoms with Crippen LogP contribution in [0, 0.1) is 6.92 Å². The highest BCUT2D eigenvalue weighted by Crippen LogP contribution is 2.28. The Balaban J connectivity index is 1.73. The molecule has 7 heteroatoms. The number of fused-ring (bicyclic) bond motifs is 3. The molecule has 2 aromatic heterocycles. The molecule has 1 aromatic carbocycles. The zero-order chi connectivity index (χ0) is 17.6. The molecule has 1 aliphatic rings. The van der Waals surface area contributed by atoms with Crippen molar-refractivity contribution in [2.24, 2.45) is 0 Å². The van der Waals surface area contributed by atoms with Gasteiger partial charge in [0.05, 0.1) is 0 Å². The van der Waals surface area contributed by atoms with Crippen molar-refractivity contribution in [2.45, 2.75) is 32.6 Å². The number of rotatable bonds is 2. The van der Waals surface area contributed by atoms with E-state index in [0.29, 0.717) is 15.7 Å². The van der Waals surface area contributed by atoms with Crippen LogP contribution in [-0.4, -0.2) is 15.3 Å². The van der Waals surface area contributed by atoms with E-state index in [1.165, 1.54) is 11.1 Å². The predicted molar refractivity (Wildman–Crippen MR) is 100 cm³/mol. The van der Waals surface area contributed by atoms with E-state index in [2.05, 4.69) is 10.3 Å². The van der Waals surface area contributed by atoms with Gasteiger partial charge in [0.1, 0.15) is 5.56 Å². The van der Waals surface area contributed by atoms with Gasteiger partial charge < -0.3 is 5.32 Å². The molecule has 0 spiro atoms. The van der Waals surface area contributed by atoms with E-state index in [4.69, 9.17) is 11.6 Å². The van der Waals surface area contributed by atoms with Gasteiger partial charge in [0.2, 0.25) is 0 Å². The van der Waals surface area contributed by atoms with Gasteiger partial charge in [-0.15, -0.1) is 11.3 Å². The van der Waals surface area contributed by atoms with Gasteiger partial charge in [-0.3, -0.25) is 14.0 Å². The van der Waals surface area contributed by atoms with Crippen LogP contribution in [0.5, 0.6) is 0 Å². The summed E-state index contributed by atoms with van der Waals surface area (Å²) in [5.74, 6) is -0.470. The lowest BCUT2D eigenvalue weighted by Crippen LogP contribution is -2.27. The number of carbonyl (C=O) groups is 1. The summed E-state index contributed by atoms with van der Waals surface area (Å²) < 4.78 is 1.61. The highest BCUT2D eigenvalue weighted by molar-refractivity contribution is 7.17. The van der Waals surface area contributed by atoms with Crippen LogP contribution in [0.3, 0.4) is 0 Å². The lowest BCUT2D eigenvalue weighted by molar-refractivity contribution is 0.102. The van der Waals surface area contributed by atoms with Crippen molar-refractivity contribution in [2.75, 3.05) is 5.32 Å². The second-order valence-electron chi connectivity index (χ2n) is 6.19. The van der Waals surface area contributed by atoms with Crippen LogP contribution in [-0.2, 0) is 12.8 Å². The van der Waals surface area contributed by atoms with Crippen molar-refractivity contribution in [3.05, 3.63) is 61.5 Å². The number of nitrogens with one attached hydrogen (secondary N) is 1. The van der Waals surface area contributed by atoms with Crippen LogP contribution in [0.2, 0.25) is 5.02 Å². The normalized spacial score (nSPS) is 13.7. The first-order valence-electron chi connectivity index (χ1n) is 8.14. The number of aryl methyl sites for hydroxylation is 3. The Hall–Kier alpha value is -2.18. The van der Waals surface area contributed by atoms with Gasteiger partial charge in [-0.05, 0) is 50.3 Å². The maximum atomic E-state index is 12.9. The number of hydrogen-bond acceptors (Lipinski definition) is 4. The number of hydrogen-bond donors (Lipinski definition) is 1. The lowest BCUT2D eigenvalue weighted by Gasteiger charge is -2.10. The number of thiazole rings is 1. The van der Waals surface area contributed by atoms with E-state index in [9.17, 15) is 9.59 Å². The third kappa shape index (κ3) is 2.85. The molecule has 128 valence electrons. The van der Waals surface area contributed by atoms with Crippen LogP contribution >= 0.6 is 22.9 Å². The number of anilines is 1. The van der Waals surface area contributed by atoms with E-state index in [1.54, 1.807) is 27.9 Å². The summed E-state index contributed by atoms with van der Waals surface area (Å²) in [4.78, 5) is 31.6. The number of aromatic nitrogens is 2. The Bertz CT molecular complexity index is 1050. The molecule has 0 fully saturated rings. The molecular formula is C18H16ClN3O2S. The summed E-state index contributed by atoms with van der Waals surface area (Å²) in [6, 6.07) is 5.25. The van der Waals surface area contributed by atoms with Crippen LogP contribution in [0.4, 0.5) is 5.69 Å². The van der Waals surface area contributed by atoms with Crippen LogP contribution in [0.25, 0.3) is 4.96 Å². The van der Waals surface area contributed by atoms with Gasteiger partial charge in [0.15, 0.2) is 4.96 Å². The summed E-state index contributed by atoms with van der Waals surface area (Å²) in [6.45, 7) is 1.89. The van der Waals surface area contributed by atoms with Gasteiger partial charge in [0, 0.05) is 27.5 Å². The second kappa shape index (κ2) is 6.28. The SMILES string of the molecule is Cc1ccc(NC(=O)c2cnc3sc4c(n3c2=O)CCCC4)cc1Cl. The summed E-state index contributed by atoms with van der Waals surface area (Å²) in [6.07, 6.45) is 5.40. The number of nitrogens with zero attached hydrogens (tertiary/aromatic N) is 2. The van der Waals surface area contributed by atoms with E-state index in [0.717, 1.165) is 36.9 Å². The molecule has 1 aliphatic carbocycles. The molecule has 3 aromatic rings. The molecule has 0 aliphatic heterocycles. The first kappa shape index (κ1) is 16.3. The highest BCUT2D eigenvalue weighted by atomic mass is 35.5. The monoisotopic (exact) mass is 373 g/mol. The van der Waals surface area contributed by atoms with Gasteiger partial charge in [-0.25, -0.2) is 4.98 Å². The van der Waals surface area contributed by atoms with Crippen molar-refractivity contribution < 1.29 is 4.79 Å². The van der Waals surface area contributed by atoms with Gasteiger partial charge in [-0.2, -0.15) is 0 Å². The maximum Gasteiger partial charge on any atom is 0.271 e. The van der Waals surface area contributed by atoms with E-state index in [1.807, 2.05) is 13.0 Å². The topological polar surface area (TPSA) is 63.5 Å². The van der Waals surface area contributed by atoms with Crippen LogP contribution < -0.4 is 10.9 Å². The van der Waals surface area contributed by atoms with Gasteiger partial charge in [0.25, 0.3) is 11.5 Å². The maximum absolute atomic E-state index is 12.9. The van der Waals surface area contributed by atoms with E-state index in [-0.39, 0.29) is 11.1 Å². The quantitative estimate of drug-likeness (QED) is 0.742. The minimum Gasteiger partial charge on any atom is -0.322 e. The summed E-state index contributed by atoms with van der Waals surface area (Å²) in [7, 11) is 0. The molecule has 0 saturated heterocycles. The molecule has 0 saturated carbocycles. The first-order chi connectivity index (χ1) is 12.0. The van der Waals surface area contributed by atoms with Gasteiger partial charge in [-0.1, -0.05) is 17.7 Å². The van der Waals surface area contributed by atoms with Crippen molar-refractivity contribution in [1.82, 2.24) is 9.38 Å². The summed E-state index contributed by atoms with van der Waals surface area (Å²) in [5.41, 5.74) is 2.22. The Morgan fingerprint density at radius 2 is 2.12 bits per heavy atom. The Labute approximate surface area is 153 Å². The smallest absolute Gasteiger partial charge is 0.271 e. The second-order valence-corrected chi connectivity index (χ2v) is 7.66. The van der Waals surface area contributed by atoms with Crippen molar-refractivity contribution >= 4 is 39.5 Å². The summed E-state index contributed by atoms with van der Waals surface area (Å²) in [5, 5.41) is 3.30. The fourth-order valence-electron chi connectivity index (χ4n) is 3.09. The molecule has 0 atom stereocenters. The average Bonchev–Trinajstić information content (AvgIpc) is 2.97. The predicted octanol–water partition coefficient (Wildman–Crippen LogP) is 3.85.